The fourth-order valence-corrected chi connectivity index (χ4v) is 3.49. The zero-order chi connectivity index (χ0) is 16.3. The van der Waals surface area contributed by atoms with Crippen molar-refractivity contribution in [2.45, 2.75) is 6.04 Å². The number of fused-ring (bicyclic) bond motifs is 4. The number of hydrogen-bond donors (Lipinski definition) is 0. The van der Waals surface area contributed by atoms with Crippen molar-refractivity contribution in [2.75, 3.05) is 0 Å². The van der Waals surface area contributed by atoms with Gasteiger partial charge in [-0.05, 0) is 24.3 Å². The number of rotatable bonds is 0. The second-order valence-electron chi connectivity index (χ2n) is 6.12. The number of hydrogen-bond acceptors (Lipinski definition) is 4. The highest BCUT2D eigenvalue weighted by molar-refractivity contribution is 6.13. The number of para-hydroxylation sites is 1. The summed E-state index contributed by atoms with van der Waals surface area (Å²) in [6.45, 7) is 0. The molecule has 4 nitrogen and oxygen atoms in total. The molecule has 0 saturated carbocycles. The molecule has 0 N–H and O–H groups in total. The molecule has 5 rings (SSSR count). The van der Waals surface area contributed by atoms with Gasteiger partial charge in [0.2, 0.25) is 0 Å². The van der Waals surface area contributed by atoms with Crippen molar-refractivity contribution in [3.63, 3.8) is 0 Å². The van der Waals surface area contributed by atoms with Gasteiger partial charge in [-0.25, -0.2) is 4.99 Å². The molecule has 3 aliphatic rings. The van der Waals surface area contributed by atoms with Crippen molar-refractivity contribution in [2.24, 2.45) is 15.9 Å². The van der Waals surface area contributed by atoms with Crippen LogP contribution >= 0.6 is 0 Å². The number of carbonyl (C=O) groups is 2. The summed E-state index contributed by atoms with van der Waals surface area (Å²) in [7, 11) is 0. The molecule has 114 valence electrons. The van der Waals surface area contributed by atoms with Crippen molar-refractivity contribution >= 4 is 17.3 Å². The van der Waals surface area contributed by atoms with E-state index in [1.54, 1.807) is 18.2 Å². The molecule has 2 unspecified atom stereocenters. The second-order valence-corrected chi connectivity index (χ2v) is 6.12. The maximum Gasteiger partial charge on any atom is 0.197 e. The molecule has 2 aliphatic heterocycles. The standard InChI is InChI=1S/C20H12N2O2/c23-19-11-5-1-3-7-15(11)21-17-10-14-18(9-13(17)19)22-16-8-4-2-6-12(16)20(14)24/h1-11,15H. The van der Waals surface area contributed by atoms with Gasteiger partial charge < -0.3 is 0 Å². The molecule has 2 aromatic rings. The number of allylic oxidation sites excluding steroid dienone is 2. The zero-order valence-electron chi connectivity index (χ0n) is 12.6. The van der Waals surface area contributed by atoms with Crippen LogP contribution in [-0.4, -0.2) is 17.6 Å². The van der Waals surface area contributed by atoms with Gasteiger partial charge in [-0.15, -0.1) is 0 Å². The smallest absolute Gasteiger partial charge is 0.197 e. The Balaban J connectivity index is 1.80. The van der Waals surface area contributed by atoms with Crippen LogP contribution in [0.25, 0.3) is 0 Å². The average Bonchev–Trinajstić information content (AvgIpc) is 2.62. The van der Waals surface area contributed by atoms with Gasteiger partial charge in [0.05, 0.1) is 33.9 Å². The third-order valence-corrected chi connectivity index (χ3v) is 4.71. The SMILES string of the molecule is O=C1c2ccccc2N=c2cc3c(cc21)=NC1C=CC=CC1C3=O. The number of carbonyl (C=O) groups excluding carboxylic acids is 2. The summed E-state index contributed by atoms with van der Waals surface area (Å²) in [6, 6.07) is 10.5. The van der Waals surface area contributed by atoms with E-state index in [1.807, 2.05) is 42.5 Å². The van der Waals surface area contributed by atoms with E-state index in [0.717, 1.165) is 0 Å². The Kier molecular flexibility index (Phi) is 2.59. The highest BCUT2D eigenvalue weighted by atomic mass is 16.1. The lowest BCUT2D eigenvalue weighted by Crippen LogP contribution is -2.38. The second kappa shape index (κ2) is 4.68. The molecule has 24 heavy (non-hydrogen) atoms. The maximum absolute atomic E-state index is 12.8. The Bertz CT molecular complexity index is 1110. The zero-order valence-corrected chi connectivity index (χ0v) is 12.6. The van der Waals surface area contributed by atoms with Crippen LogP contribution in [0, 0.1) is 5.92 Å². The Morgan fingerprint density at radius 2 is 1.62 bits per heavy atom. The van der Waals surface area contributed by atoms with Crippen molar-refractivity contribution in [1.29, 1.82) is 0 Å². The van der Waals surface area contributed by atoms with Crippen LogP contribution < -0.4 is 10.7 Å². The molecule has 0 spiro atoms. The molecular formula is C20H12N2O2. The first-order valence-corrected chi connectivity index (χ1v) is 7.86. The van der Waals surface area contributed by atoms with Gasteiger partial charge in [0.15, 0.2) is 11.6 Å². The van der Waals surface area contributed by atoms with Crippen LogP contribution in [0.3, 0.4) is 0 Å². The van der Waals surface area contributed by atoms with E-state index in [2.05, 4.69) is 9.98 Å². The lowest BCUT2D eigenvalue weighted by molar-refractivity contribution is 0.0927. The molecule has 1 aliphatic carbocycles. The Morgan fingerprint density at radius 1 is 0.833 bits per heavy atom. The third-order valence-electron chi connectivity index (χ3n) is 4.71. The monoisotopic (exact) mass is 312 g/mol. The van der Waals surface area contributed by atoms with E-state index in [0.29, 0.717) is 33.1 Å². The minimum atomic E-state index is -0.257. The number of ketones is 2. The van der Waals surface area contributed by atoms with Gasteiger partial charge in [-0.3, -0.25) is 14.6 Å². The van der Waals surface area contributed by atoms with Crippen LogP contribution in [0.5, 0.6) is 0 Å². The predicted molar refractivity (Wildman–Crippen MR) is 88.2 cm³/mol. The molecule has 0 aromatic heterocycles. The summed E-state index contributed by atoms with van der Waals surface area (Å²) >= 11 is 0. The molecule has 0 fully saturated rings. The molecular weight excluding hydrogens is 300 g/mol. The van der Waals surface area contributed by atoms with E-state index >= 15 is 0 Å². The average molecular weight is 312 g/mol. The summed E-state index contributed by atoms with van der Waals surface area (Å²) in [5, 5.41) is 1.14. The summed E-state index contributed by atoms with van der Waals surface area (Å²) in [6.07, 6.45) is 7.59. The largest absolute Gasteiger partial charge is 0.293 e. The van der Waals surface area contributed by atoms with Crippen molar-refractivity contribution in [3.05, 3.63) is 88.1 Å². The molecule has 0 radical (unpaired) electrons. The Morgan fingerprint density at radius 3 is 2.54 bits per heavy atom. The normalized spacial score (nSPS) is 22.7. The lowest BCUT2D eigenvalue weighted by atomic mass is 9.84. The number of nitrogens with zero attached hydrogens (tertiary/aromatic N) is 2. The Hall–Kier alpha value is -3.14. The van der Waals surface area contributed by atoms with Gasteiger partial charge in [-0.1, -0.05) is 36.4 Å². The summed E-state index contributed by atoms with van der Waals surface area (Å²) in [4.78, 5) is 34.8. The molecule has 4 heteroatoms. The number of benzene rings is 2. The maximum atomic E-state index is 12.8. The topological polar surface area (TPSA) is 58.9 Å². The Labute approximate surface area is 137 Å². The predicted octanol–water partition coefficient (Wildman–Crippen LogP) is 2.11. The fraction of sp³-hybridized carbons (Fsp3) is 0.100. The van der Waals surface area contributed by atoms with E-state index in [1.165, 1.54) is 0 Å². The highest BCUT2D eigenvalue weighted by Crippen LogP contribution is 2.26. The molecule has 0 amide bonds. The first-order valence-electron chi connectivity index (χ1n) is 7.86. The van der Waals surface area contributed by atoms with Crippen LogP contribution in [0.2, 0.25) is 0 Å². The molecule has 0 saturated heterocycles. The van der Waals surface area contributed by atoms with Gasteiger partial charge in [-0.2, -0.15) is 0 Å². The van der Waals surface area contributed by atoms with Gasteiger partial charge >= 0.3 is 0 Å². The number of Topliss-reactive ketones (excluding diaryl/α,β-unsaturated/α-hetero) is 1. The van der Waals surface area contributed by atoms with Crippen molar-refractivity contribution in [1.82, 2.24) is 0 Å². The van der Waals surface area contributed by atoms with Crippen LogP contribution in [-0.2, 0) is 0 Å². The molecule has 2 heterocycles. The van der Waals surface area contributed by atoms with E-state index in [4.69, 9.17) is 0 Å². The van der Waals surface area contributed by atoms with Crippen LogP contribution in [0.15, 0.2) is 70.7 Å². The van der Waals surface area contributed by atoms with Crippen molar-refractivity contribution < 1.29 is 9.59 Å². The fourth-order valence-electron chi connectivity index (χ4n) is 3.49. The summed E-state index contributed by atoms with van der Waals surface area (Å²) in [5.41, 5.74) is 2.29. The van der Waals surface area contributed by atoms with Gasteiger partial charge in [0.1, 0.15) is 0 Å². The molecule has 2 atom stereocenters. The molecule has 0 bridgehead atoms. The van der Waals surface area contributed by atoms with Gasteiger partial charge in [0, 0.05) is 11.1 Å². The van der Waals surface area contributed by atoms with Gasteiger partial charge in [0.25, 0.3) is 0 Å². The quantitative estimate of drug-likeness (QED) is 0.638. The minimum Gasteiger partial charge on any atom is -0.293 e. The van der Waals surface area contributed by atoms with Crippen LogP contribution in [0.1, 0.15) is 26.3 Å². The first-order chi connectivity index (χ1) is 11.7. The minimum absolute atomic E-state index is 0.0370. The van der Waals surface area contributed by atoms with E-state index in [-0.39, 0.29) is 23.5 Å². The van der Waals surface area contributed by atoms with E-state index in [9.17, 15) is 9.59 Å². The lowest BCUT2D eigenvalue weighted by Gasteiger charge is -2.24. The van der Waals surface area contributed by atoms with E-state index < -0.39 is 0 Å². The van der Waals surface area contributed by atoms with Crippen molar-refractivity contribution in [3.8, 4) is 0 Å². The summed E-state index contributed by atoms with van der Waals surface area (Å²) < 4.78 is 0. The van der Waals surface area contributed by atoms with Crippen LogP contribution in [0.4, 0.5) is 5.69 Å². The summed E-state index contributed by atoms with van der Waals surface area (Å²) in [5.74, 6) is -0.288. The molecule has 2 aromatic carbocycles. The first kappa shape index (κ1) is 13.3. The third kappa shape index (κ3) is 1.74. The highest BCUT2D eigenvalue weighted by Gasteiger charge is 2.32.